The number of carbonyl (C=O) groups is 2. The highest BCUT2D eigenvalue weighted by Crippen LogP contribution is 2.39. The van der Waals surface area contributed by atoms with E-state index in [-0.39, 0.29) is 28.6 Å². The van der Waals surface area contributed by atoms with Crippen LogP contribution in [0.5, 0.6) is 17.2 Å². The first kappa shape index (κ1) is 25.7. The van der Waals surface area contributed by atoms with E-state index in [1.165, 1.54) is 12.1 Å². The fourth-order valence-corrected chi connectivity index (χ4v) is 4.85. The number of furan rings is 1. The lowest BCUT2D eigenvalue weighted by Gasteiger charge is -2.07. The first-order valence-electron chi connectivity index (χ1n) is 12.4. The summed E-state index contributed by atoms with van der Waals surface area (Å²) in [6, 6.07) is 24.3. The van der Waals surface area contributed by atoms with Crippen LogP contribution < -0.4 is 14.2 Å². The van der Waals surface area contributed by atoms with E-state index < -0.39 is 5.97 Å². The van der Waals surface area contributed by atoms with Crippen molar-refractivity contribution >= 4 is 52.0 Å². The molecule has 5 aromatic rings. The summed E-state index contributed by atoms with van der Waals surface area (Å²) in [7, 11) is 0. The Morgan fingerprint density at radius 1 is 0.925 bits per heavy atom. The number of halogens is 2. The summed E-state index contributed by atoms with van der Waals surface area (Å²) in [6.07, 6.45) is 1.53. The first-order chi connectivity index (χ1) is 19.4. The molecule has 1 aliphatic rings. The number of hydrogen-bond acceptors (Lipinski definition) is 6. The molecule has 0 radical (unpaired) electrons. The van der Waals surface area contributed by atoms with Gasteiger partial charge in [0.1, 0.15) is 34.2 Å². The van der Waals surface area contributed by atoms with E-state index in [4.69, 9.17) is 41.8 Å². The van der Waals surface area contributed by atoms with Crippen molar-refractivity contribution < 1.29 is 28.2 Å². The number of ketones is 1. The topological polar surface area (TPSA) is 75.0 Å². The molecule has 0 saturated carbocycles. The van der Waals surface area contributed by atoms with Crippen molar-refractivity contribution in [1.82, 2.24) is 0 Å². The molecule has 0 atom stereocenters. The van der Waals surface area contributed by atoms with E-state index in [1.807, 2.05) is 37.3 Å². The Balaban J connectivity index is 1.34. The lowest BCUT2D eigenvalue weighted by atomic mass is 10.1. The number of ether oxygens (including phenoxy) is 3. The number of Topliss-reactive ketones (excluding diaryl/α,β-unsaturated/α-hetero) is 1. The minimum Gasteiger partial charge on any atom is -0.494 e. The van der Waals surface area contributed by atoms with E-state index in [2.05, 4.69) is 0 Å². The molecule has 1 aromatic heterocycles. The predicted molar refractivity (Wildman–Crippen MR) is 154 cm³/mol. The van der Waals surface area contributed by atoms with E-state index in [0.29, 0.717) is 50.3 Å². The second-order valence-corrected chi connectivity index (χ2v) is 9.68. The number of rotatable bonds is 6. The number of allylic oxidation sites excluding steroid dienone is 1. The van der Waals surface area contributed by atoms with Gasteiger partial charge in [-0.05, 0) is 55.0 Å². The SMILES string of the molecule is CCOc1ccc2oc(-c3ccccc3)c(C(=O)Oc3ccc4c(c3)O/C(=C\c3cccc(Cl)c3Cl)C4=O)c2c1. The molecule has 0 spiro atoms. The van der Waals surface area contributed by atoms with Crippen molar-refractivity contribution in [1.29, 1.82) is 0 Å². The molecule has 0 bridgehead atoms. The zero-order chi connectivity index (χ0) is 27.8. The largest absolute Gasteiger partial charge is 0.494 e. The number of esters is 1. The highest BCUT2D eigenvalue weighted by Gasteiger charge is 2.29. The zero-order valence-corrected chi connectivity index (χ0v) is 22.6. The lowest BCUT2D eigenvalue weighted by Crippen LogP contribution is -2.09. The van der Waals surface area contributed by atoms with Crippen molar-refractivity contribution in [3.8, 4) is 28.6 Å². The Kier molecular flexibility index (Phi) is 6.80. The lowest BCUT2D eigenvalue weighted by molar-refractivity contribution is 0.0736. The Hall–Kier alpha value is -4.52. The van der Waals surface area contributed by atoms with Crippen LogP contribution in [0.4, 0.5) is 0 Å². The van der Waals surface area contributed by atoms with Crippen molar-refractivity contribution in [2.75, 3.05) is 6.61 Å². The molecule has 40 heavy (non-hydrogen) atoms. The van der Waals surface area contributed by atoms with Crippen molar-refractivity contribution in [3.05, 3.63) is 117 Å². The molecule has 0 aliphatic carbocycles. The smallest absolute Gasteiger partial charge is 0.348 e. The summed E-state index contributed by atoms with van der Waals surface area (Å²) in [6.45, 7) is 2.36. The van der Waals surface area contributed by atoms with Gasteiger partial charge in [0.05, 0.1) is 22.2 Å². The second kappa shape index (κ2) is 10.6. The summed E-state index contributed by atoms with van der Waals surface area (Å²) in [5.41, 5.74) is 2.39. The Morgan fingerprint density at radius 2 is 1.73 bits per heavy atom. The molecule has 0 N–H and O–H groups in total. The van der Waals surface area contributed by atoms with Crippen LogP contribution in [0.3, 0.4) is 0 Å². The van der Waals surface area contributed by atoms with Crippen LogP contribution in [-0.4, -0.2) is 18.4 Å². The Labute approximate surface area is 239 Å². The average Bonchev–Trinajstić information content (AvgIpc) is 3.49. The first-order valence-corrected chi connectivity index (χ1v) is 13.2. The second-order valence-electron chi connectivity index (χ2n) is 8.89. The maximum atomic E-state index is 13.6. The molecule has 0 unspecified atom stereocenters. The molecule has 0 fully saturated rings. The van der Waals surface area contributed by atoms with Gasteiger partial charge in [0.25, 0.3) is 0 Å². The van der Waals surface area contributed by atoms with E-state index in [9.17, 15) is 9.59 Å². The third-order valence-corrected chi connectivity index (χ3v) is 7.16. The maximum Gasteiger partial charge on any atom is 0.348 e. The minimum absolute atomic E-state index is 0.0817. The van der Waals surface area contributed by atoms with Crippen LogP contribution in [0, 0.1) is 0 Å². The summed E-state index contributed by atoms with van der Waals surface area (Å²) in [4.78, 5) is 26.6. The van der Waals surface area contributed by atoms with Gasteiger partial charge in [0.15, 0.2) is 5.76 Å². The summed E-state index contributed by atoms with van der Waals surface area (Å²) in [5, 5.41) is 1.24. The van der Waals surface area contributed by atoms with Crippen LogP contribution in [0.2, 0.25) is 10.0 Å². The van der Waals surface area contributed by atoms with Crippen LogP contribution in [0.25, 0.3) is 28.4 Å². The molecule has 6 nitrogen and oxygen atoms in total. The third kappa shape index (κ3) is 4.72. The standard InChI is InChI=1S/C32H20Cl2O6/c1-2-37-20-12-14-25-23(16-20)28(31(40-25)18-7-4-3-5-8-18)32(36)38-21-11-13-22-26(17-21)39-27(30(22)35)15-19-9-6-10-24(33)29(19)34/h3-17H,2H2,1H3/b27-15-. The van der Waals surface area contributed by atoms with Gasteiger partial charge in [0.2, 0.25) is 5.78 Å². The average molecular weight is 571 g/mol. The van der Waals surface area contributed by atoms with Gasteiger partial charge in [0, 0.05) is 17.0 Å². The van der Waals surface area contributed by atoms with E-state index in [0.717, 1.165) is 5.56 Å². The molecule has 198 valence electrons. The van der Waals surface area contributed by atoms with E-state index >= 15 is 0 Å². The molecule has 2 heterocycles. The van der Waals surface area contributed by atoms with Crippen molar-refractivity contribution in [2.45, 2.75) is 6.92 Å². The number of hydrogen-bond donors (Lipinski definition) is 0. The van der Waals surface area contributed by atoms with Gasteiger partial charge < -0.3 is 18.6 Å². The van der Waals surface area contributed by atoms with Crippen molar-refractivity contribution in [3.63, 3.8) is 0 Å². The maximum absolute atomic E-state index is 13.6. The van der Waals surface area contributed by atoms with Crippen molar-refractivity contribution in [2.24, 2.45) is 0 Å². The molecule has 1 aliphatic heterocycles. The molecular formula is C32H20Cl2O6. The van der Waals surface area contributed by atoms with Gasteiger partial charge in [-0.25, -0.2) is 4.79 Å². The van der Waals surface area contributed by atoms with Gasteiger partial charge in [-0.2, -0.15) is 0 Å². The van der Waals surface area contributed by atoms with Crippen LogP contribution >= 0.6 is 23.2 Å². The molecule has 6 rings (SSSR count). The fraction of sp³-hybridized carbons (Fsp3) is 0.0625. The number of fused-ring (bicyclic) bond motifs is 2. The number of benzene rings is 4. The molecule has 0 saturated heterocycles. The summed E-state index contributed by atoms with van der Waals surface area (Å²) < 4.78 is 23.4. The highest BCUT2D eigenvalue weighted by molar-refractivity contribution is 6.43. The zero-order valence-electron chi connectivity index (χ0n) is 21.1. The summed E-state index contributed by atoms with van der Waals surface area (Å²) >= 11 is 12.4. The molecular weight excluding hydrogens is 551 g/mol. The minimum atomic E-state index is -0.628. The van der Waals surface area contributed by atoms with Gasteiger partial charge >= 0.3 is 5.97 Å². The van der Waals surface area contributed by atoms with Gasteiger partial charge in [-0.15, -0.1) is 0 Å². The predicted octanol–water partition coefficient (Wildman–Crippen LogP) is 8.64. The summed E-state index contributed by atoms with van der Waals surface area (Å²) in [5.74, 6) is 0.583. The van der Waals surface area contributed by atoms with Crippen LogP contribution in [0.1, 0.15) is 33.2 Å². The Morgan fingerprint density at radius 3 is 2.52 bits per heavy atom. The Bertz CT molecular complexity index is 1820. The van der Waals surface area contributed by atoms with Gasteiger partial charge in [-0.1, -0.05) is 65.7 Å². The molecule has 8 heteroatoms. The number of carbonyl (C=O) groups excluding carboxylic acids is 2. The van der Waals surface area contributed by atoms with Gasteiger partial charge in [-0.3, -0.25) is 4.79 Å². The quantitative estimate of drug-likeness (QED) is 0.115. The third-order valence-electron chi connectivity index (χ3n) is 6.33. The fourth-order valence-electron chi connectivity index (χ4n) is 4.49. The van der Waals surface area contributed by atoms with E-state index in [1.54, 1.807) is 48.5 Å². The van der Waals surface area contributed by atoms with Crippen LogP contribution in [0.15, 0.2) is 95.1 Å². The van der Waals surface area contributed by atoms with Crippen LogP contribution in [-0.2, 0) is 0 Å². The molecule has 0 amide bonds. The molecule has 4 aromatic carbocycles. The monoisotopic (exact) mass is 570 g/mol. The normalized spacial score (nSPS) is 13.4. The highest BCUT2D eigenvalue weighted by atomic mass is 35.5.